The molecule has 0 spiro atoms. The second-order valence-electron chi connectivity index (χ2n) is 8.31. The molecule has 5 heteroatoms. The lowest BCUT2D eigenvalue weighted by Gasteiger charge is -2.13. The van der Waals surface area contributed by atoms with Gasteiger partial charge in [0.25, 0.3) is 0 Å². The van der Waals surface area contributed by atoms with Crippen LogP contribution < -0.4 is 4.74 Å². The lowest BCUT2D eigenvalue weighted by Crippen LogP contribution is -2.00. The Balaban J connectivity index is 1.78. The van der Waals surface area contributed by atoms with Gasteiger partial charge in [0, 0.05) is 5.56 Å². The molecular formula is C30H26F4O. The number of rotatable bonds is 8. The van der Waals surface area contributed by atoms with E-state index in [1.807, 2.05) is 24.3 Å². The van der Waals surface area contributed by atoms with Crippen LogP contribution in [0.15, 0.2) is 72.8 Å². The molecule has 1 nitrogen and oxygen atoms in total. The molecule has 0 aromatic heterocycles. The van der Waals surface area contributed by atoms with Gasteiger partial charge < -0.3 is 4.74 Å². The van der Waals surface area contributed by atoms with Crippen molar-refractivity contribution in [1.82, 2.24) is 0 Å². The summed E-state index contributed by atoms with van der Waals surface area (Å²) in [7, 11) is 0. The number of hydrogen-bond acceptors (Lipinski definition) is 1. The molecule has 0 aliphatic carbocycles. The molecule has 0 aliphatic rings. The number of halogens is 4. The van der Waals surface area contributed by atoms with Crippen molar-refractivity contribution in [3.05, 3.63) is 101 Å². The largest absolute Gasteiger partial charge is 0.491 e. The molecule has 0 aliphatic heterocycles. The molecule has 4 aromatic rings. The summed E-state index contributed by atoms with van der Waals surface area (Å²) in [6.07, 6.45) is 3.25. The summed E-state index contributed by atoms with van der Waals surface area (Å²) in [5.41, 5.74) is 2.25. The summed E-state index contributed by atoms with van der Waals surface area (Å²) >= 11 is 0. The third-order valence-corrected chi connectivity index (χ3v) is 6.02. The monoisotopic (exact) mass is 478 g/mol. The highest BCUT2D eigenvalue weighted by Gasteiger charge is 2.22. The zero-order valence-electron chi connectivity index (χ0n) is 19.7. The van der Waals surface area contributed by atoms with E-state index in [9.17, 15) is 8.78 Å². The summed E-state index contributed by atoms with van der Waals surface area (Å²) in [6, 6.07) is 20.6. The second kappa shape index (κ2) is 10.8. The van der Waals surface area contributed by atoms with Gasteiger partial charge in [-0.15, -0.1) is 0 Å². The van der Waals surface area contributed by atoms with Gasteiger partial charge in [0.1, 0.15) is 0 Å². The lowest BCUT2D eigenvalue weighted by molar-refractivity contribution is 0.313. The van der Waals surface area contributed by atoms with Gasteiger partial charge >= 0.3 is 0 Å². The van der Waals surface area contributed by atoms with Crippen molar-refractivity contribution in [2.75, 3.05) is 6.61 Å². The predicted molar refractivity (Wildman–Crippen MR) is 135 cm³/mol. The average Bonchev–Trinajstić information content (AvgIpc) is 2.89. The van der Waals surface area contributed by atoms with Gasteiger partial charge in [0.2, 0.25) is 5.82 Å². The Morgan fingerprint density at radius 2 is 1.37 bits per heavy atom. The molecule has 0 bridgehead atoms. The third-order valence-electron chi connectivity index (χ3n) is 6.02. The summed E-state index contributed by atoms with van der Waals surface area (Å²) in [5.74, 6) is -5.92. The first kappa shape index (κ1) is 24.5. The van der Waals surface area contributed by atoms with Gasteiger partial charge in [0.15, 0.2) is 23.2 Å². The van der Waals surface area contributed by atoms with Crippen molar-refractivity contribution >= 4 is 22.4 Å². The average molecular weight is 479 g/mol. The molecule has 0 heterocycles. The first-order chi connectivity index (χ1) is 17.0. The maximum atomic E-state index is 15.4. The van der Waals surface area contributed by atoms with Crippen molar-refractivity contribution in [3.63, 3.8) is 0 Å². The van der Waals surface area contributed by atoms with Gasteiger partial charge in [-0.05, 0) is 59.4 Å². The Bertz CT molecular complexity index is 1370. The standard InChI is InChI=1S/C30H26F4O/c1-3-5-8-19-11-13-20(14-12-19)21-15-16-24(23-10-7-6-9-22(21)23)27(31)28(32)25-17-18-26(35-4-2)30(34)29(25)33/h6-7,9-18H,3-5,8H2,1-2H3/b28-27+. The molecule has 0 radical (unpaired) electrons. The highest BCUT2D eigenvalue weighted by molar-refractivity contribution is 6.04. The van der Waals surface area contributed by atoms with Crippen LogP contribution in [0.1, 0.15) is 43.4 Å². The molecule has 35 heavy (non-hydrogen) atoms. The maximum absolute atomic E-state index is 15.4. The van der Waals surface area contributed by atoms with Crippen molar-refractivity contribution in [2.24, 2.45) is 0 Å². The summed E-state index contributed by atoms with van der Waals surface area (Å²) in [6.45, 7) is 3.88. The number of ether oxygens (including phenoxy) is 1. The molecule has 0 saturated carbocycles. The Hall–Kier alpha value is -3.60. The first-order valence-corrected chi connectivity index (χ1v) is 11.7. The molecule has 0 saturated heterocycles. The Labute approximate surface area is 202 Å². The number of aryl methyl sites for hydroxylation is 1. The lowest BCUT2D eigenvalue weighted by atomic mass is 9.93. The molecule has 0 atom stereocenters. The van der Waals surface area contributed by atoms with E-state index in [2.05, 4.69) is 19.1 Å². The SMILES string of the molecule is CCCCc1ccc(-c2ccc(/C(F)=C(\F)c3ccc(OCC)c(F)c3F)c3ccccc23)cc1. The minimum absolute atomic E-state index is 0.0323. The molecule has 180 valence electrons. The summed E-state index contributed by atoms with van der Waals surface area (Å²) in [4.78, 5) is 0. The number of fused-ring (bicyclic) bond motifs is 1. The minimum Gasteiger partial charge on any atom is -0.491 e. The van der Waals surface area contributed by atoms with E-state index in [1.54, 1.807) is 25.1 Å². The highest BCUT2D eigenvalue weighted by atomic mass is 19.2. The van der Waals surface area contributed by atoms with Crippen molar-refractivity contribution < 1.29 is 22.3 Å². The molecule has 4 rings (SSSR count). The number of hydrogen-bond donors (Lipinski definition) is 0. The number of benzene rings is 4. The van der Waals surface area contributed by atoms with Crippen LogP contribution >= 0.6 is 0 Å². The molecule has 0 amide bonds. The van der Waals surface area contributed by atoms with Crippen molar-refractivity contribution in [1.29, 1.82) is 0 Å². The molecule has 4 aromatic carbocycles. The zero-order valence-corrected chi connectivity index (χ0v) is 19.7. The fraction of sp³-hybridized carbons (Fsp3) is 0.200. The van der Waals surface area contributed by atoms with E-state index < -0.39 is 28.9 Å². The van der Waals surface area contributed by atoms with E-state index in [4.69, 9.17) is 4.74 Å². The van der Waals surface area contributed by atoms with Crippen LogP contribution in [0.3, 0.4) is 0 Å². The third kappa shape index (κ3) is 4.95. The predicted octanol–water partition coefficient (Wildman–Crippen LogP) is 9.29. The smallest absolute Gasteiger partial charge is 0.201 e. The van der Waals surface area contributed by atoms with Crippen LogP contribution in [0.2, 0.25) is 0 Å². The Morgan fingerprint density at radius 3 is 2.06 bits per heavy atom. The quantitative estimate of drug-likeness (QED) is 0.181. The molecule has 0 fully saturated rings. The van der Waals surface area contributed by atoms with Gasteiger partial charge in [-0.1, -0.05) is 74.0 Å². The van der Waals surface area contributed by atoms with E-state index >= 15 is 8.78 Å². The number of unbranched alkanes of at least 4 members (excludes halogenated alkanes) is 1. The summed E-state index contributed by atoms with van der Waals surface area (Å²) in [5, 5.41) is 1.20. The Morgan fingerprint density at radius 1 is 0.714 bits per heavy atom. The van der Waals surface area contributed by atoms with Gasteiger partial charge in [0.05, 0.1) is 12.2 Å². The fourth-order valence-corrected chi connectivity index (χ4v) is 4.18. The maximum Gasteiger partial charge on any atom is 0.201 e. The second-order valence-corrected chi connectivity index (χ2v) is 8.31. The van der Waals surface area contributed by atoms with E-state index in [1.165, 1.54) is 11.6 Å². The van der Waals surface area contributed by atoms with Crippen LogP contribution in [0, 0.1) is 11.6 Å². The van der Waals surface area contributed by atoms with Crippen LogP contribution in [0.25, 0.3) is 33.6 Å². The minimum atomic E-state index is -1.49. The van der Waals surface area contributed by atoms with E-state index in [0.717, 1.165) is 47.9 Å². The summed E-state index contributed by atoms with van der Waals surface area (Å²) < 4.78 is 64.3. The molecule has 0 unspecified atom stereocenters. The van der Waals surface area contributed by atoms with Crippen LogP contribution in [-0.2, 0) is 6.42 Å². The topological polar surface area (TPSA) is 9.23 Å². The first-order valence-electron chi connectivity index (χ1n) is 11.7. The fourth-order valence-electron chi connectivity index (χ4n) is 4.18. The molecule has 0 N–H and O–H groups in total. The normalized spacial score (nSPS) is 12.1. The highest BCUT2D eigenvalue weighted by Crippen LogP contribution is 2.38. The zero-order chi connectivity index (χ0) is 24.9. The van der Waals surface area contributed by atoms with Crippen LogP contribution in [0.5, 0.6) is 5.75 Å². The van der Waals surface area contributed by atoms with E-state index in [-0.39, 0.29) is 17.9 Å². The van der Waals surface area contributed by atoms with Crippen molar-refractivity contribution in [2.45, 2.75) is 33.1 Å². The van der Waals surface area contributed by atoms with E-state index in [0.29, 0.717) is 5.39 Å². The van der Waals surface area contributed by atoms with Gasteiger partial charge in [-0.3, -0.25) is 0 Å². The van der Waals surface area contributed by atoms with Crippen LogP contribution in [-0.4, -0.2) is 6.61 Å². The Kier molecular flexibility index (Phi) is 7.54. The van der Waals surface area contributed by atoms with Crippen LogP contribution in [0.4, 0.5) is 17.6 Å². The van der Waals surface area contributed by atoms with Gasteiger partial charge in [-0.25, -0.2) is 13.2 Å². The van der Waals surface area contributed by atoms with Crippen molar-refractivity contribution in [3.8, 4) is 16.9 Å². The molecular weight excluding hydrogens is 452 g/mol. The van der Waals surface area contributed by atoms with Gasteiger partial charge in [-0.2, -0.15) is 4.39 Å².